The first-order valence-electron chi connectivity index (χ1n) is 12.4. The van der Waals surface area contributed by atoms with Crippen LogP contribution in [0.2, 0.25) is 0 Å². The number of anilines is 1. The molecular formula is C27H35N3O3. The van der Waals surface area contributed by atoms with Gasteiger partial charge in [-0.3, -0.25) is 9.69 Å². The Morgan fingerprint density at radius 1 is 0.970 bits per heavy atom. The third kappa shape index (κ3) is 4.93. The van der Waals surface area contributed by atoms with Gasteiger partial charge < -0.3 is 20.0 Å². The summed E-state index contributed by atoms with van der Waals surface area (Å²) in [4.78, 5) is 19.6. The summed E-state index contributed by atoms with van der Waals surface area (Å²) in [7, 11) is 0. The maximum Gasteiger partial charge on any atom is 0.254 e. The minimum Gasteiger partial charge on any atom is -0.396 e. The molecule has 5 rings (SSSR count). The summed E-state index contributed by atoms with van der Waals surface area (Å²) in [6.07, 6.45) is 3.45. The van der Waals surface area contributed by atoms with Crippen molar-refractivity contribution in [2.75, 3.05) is 50.8 Å². The quantitative estimate of drug-likeness (QED) is 0.709. The molecule has 2 aromatic rings. The number of aliphatic hydroxyl groups excluding tert-OH is 2. The van der Waals surface area contributed by atoms with Crippen LogP contribution in [0.5, 0.6) is 0 Å². The first-order chi connectivity index (χ1) is 16.1. The molecule has 0 radical (unpaired) electrons. The average molecular weight is 450 g/mol. The van der Waals surface area contributed by atoms with Crippen molar-refractivity contribution in [2.24, 2.45) is 5.92 Å². The van der Waals surface area contributed by atoms with Crippen molar-refractivity contribution in [1.82, 2.24) is 9.80 Å². The third-order valence-electron chi connectivity index (χ3n) is 7.51. The lowest BCUT2D eigenvalue weighted by molar-refractivity contribution is 0.0493. The molecule has 2 aromatic carbocycles. The van der Waals surface area contributed by atoms with Crippen LogP contribution >= 0.6 is 0 Å². The van der Waals surface area contributed by atoms with E-state index in [1.54, 1.807) is 0 Å². The van der Waals surface area contributed by atoms with Gasteiger partial charge in [-0.1, -0.05) is 24.3 Å². The number of hydrogen-bond acceptors (Lipinski definition) is 5. The molecule has 0 aliphatic carbocycles. The Morgan fingerprint density at radius 2 is 1.79 bits per heavy atom. The molecule has 2 atom stereocenters. The molecule has 0 spiro atoms. The van der Waals surface area contributed by atoms with Crippen LogP contribution in [0.4, 0.5) is 5.69 Å². The maximum atomic E-state index is 13.1. The number of rotatable bonds is 6. The van der Waals surface area contributed by atoms with E-state index in [-0.39, 0.29) is 12.5 Å². The Morgan fingerprint density at radius 3 is 2.64 bits per heavy atom. The van der Waals surface area contributed by atoms with Crippen LogP contribution in [0.3, 0.4) is 0 Å². The van der Waals surface area contributed by atoms with Gasteiger partial charge in [0.2, 0.25) is 0 Å². The number of β-amino-alcohol motifs (C(OH)–C–C–N with tert-alkyl or cyclic N) is 1. The van der Waals surface area contributed by atoms with Crippen molar-refractivity contribution in [3.8, 4) is 0 Å². The fourth-order valence-electron chi connectivity index (χ4n) is 5.66. The summed E-state index contributed by atoms with van der Waals surface area (Å²) in [6.45, 7) is 5.54. The number of nitrogens with zero attached hydrogens (tertiary/aromatic N) is 3. The van der Waals surface area contributed by atoms with Crippen molar-refractivity contribution in [3.05, 3.63) is 64.7 Å². The molecule has 176 valence electrons. The molecule has 1 fully saturated rings. The van der Waals surface area contributed by atoms with E-state index in [2.05, 4.69) is 40.1 Å². The highest BCUT2D eigenvalue weighted by Gasteiger charge is 2.28. The molecule has 33 heavy (non-hydrogen) atoms. The second kappa shape index (κ2) is 9.84. The SMILES string of the molecule is O=C1c2ccc(N3CCCC(CO)C3)cc2CCN1CC(O)CN1CCc2ccccc2C1. The highest BCUT2D eigenvalue weighted by atomic mass is 16.3. The number of benzene rings is 2. The molecule has 1 amide bonds. The Bertz CT molecular complexity index is 994. The summed E-state index contributed by atoms with van der Waals surface area (Å²) < 4.78 is 0. The van der Waals surface area contributed by atoms with Gasteiger partial charge in [0.15, 0.2) is 0 Å². The van der Waals surface area contributed by atoms with Gasteiger partial charge in [0, 0.05) is 63.7 Å². The van der Waals surface area contributed by atoms with Gasteiger partial charge in [-0.2, -0.15) is 0 Å². The van der Waals surface area contributed by atoms with Crippen LogP contribution in [-0.4, -0.2) is 77.9 Å². The molecule has 2 unspecified atom stereocenters. The molecule has 3 aliphatic heterocycles. The molecule has 6 nitrogen and oxygen atoms in total. The number of hydrogen-bond donors (Lipinski definition) is 2. The second-order valence-electron chi connectivity index (χ2n) is 9.89. The second-order valence-corrected chi connectivity index (χ2v) is 9.89. The zero-order valence-electron chi connectivity index (χ0n) is 19.3. The monoisotopic (exact) mass is 449 g/mol. The summed E-state index contributed by atoms with van der Waals surface area (Å²) >= 11 is 0. The van der Waals surface area contributed by atoms with Gasteiger partial charge in [0.1, 0.15) is 0 Å². The van der Waals surface area contributed by atoms with Crippen LogP contribution in [0.15, 0.2) is 42.5 Å². The van der Waals surface area contributed by atoms with E-state index < -0.39 is 6.10 Å². The van der Waals surface area contributed by atoms with Crippen molar-refractivity contribution in [2.45, 2.75) is 38.3 Å². The van der Waals surface area contributed by atoms with Crippen LogP contribution in [-0.2, 0) is 19.4 Å². The van der Waals surface area contributed by atoms with Gasteiger partial charge in [0.05, 0.1) is 6.10 Å². The van der Waals surface area contributed by atoms with Gasteiger partial charge >= 0.3 is 0 Å². The number of carbonyl (C=O) groups is 1. The van der Waals surface area contributed by atoms with Crippen LogP contribution in [0, 0.1) is 5.92 Å². The van der Waals surface area contributed by atoms with E-state index >= 15 is 0 Å². The van der Waals surface area contributed by atoms with E-state index in [0.717, 1.165) is 68.7 Å². The summed E-state index contributed by atoms with van der Waals surface area (Å²) in [5.74, 6) is 0.361. The number of amides is 1. The fourth-order valence-corrected chi connectivity index (χ4v) is 5.66. The van der Waals surface area contributed by atoms with Crippen molar-refractivity contribution >= 4 is 11.6 Å². The number of carbonyl (C=O) groups excluding carboxylic acids is 1. The van der Waals surface area contributed by atoms with Crippen LogP contribution < -0.4 is 4.90 Å². The Hall–Kier alpha value is -2.41. The fraction of sp³-hybridized carbons (Fsp3) is 0.519. The highest BCUT2D eigenvalue weighted by molar-refractivity contribution is 5.97. The predicted octanol–water partition coefficient (Wildman–Crippen LogP) is 2.31. The van der Waals surface area contributed by atoms with Gasteiger partial charge in [-0.15, -0.1) is 0 Å². The zero-order chi connectivity index (χ0) is 22.8. The molecule has 3 aliphatic rings. The molecular weight excluding hydrogens is 414 g/mol. The first-order valence-corrected chi connectivity index (χ1v) is 12.4. The van der Waals surface area contributed by atoms with Gasteiger partial charge in [0.25, 0.3) is 5.91 Å². The van der Waals surface area contributed by atoms with Crippen molar-refractivity contribution in [1.29, 1.82) is 0 Å². The average Bonchev–Trinajstić information content (AvgIpc) is 2.85. The van der Waals surface area contributed by atoms with Crippen LogP contribution in [0.25, 0.3) is 0 Å². The lowest BCUT2D eigenvalue weighted by atomic mass is 9.95. The molecule has 0 aromatic heterocycles. The molecule has 0 saturated carbocycles. The van der Waals surface area contributed by atoms with Crippen molar-refractivity contribution in [3.63, 3.8) is 0 Å². The number of aliphatic hydroxyl groups is 2. The normalized spacial score (nSPS) is 22.1. The molecule has 0 bridgehead atoms. The Balaban J connectivity index is 1.19. The topological polar surface area (TPSA) is 67.2 Å². The lowest BCUT2D eigenvalue weighted by Gasteiger charge is -2.36. The maximum absolute atomic E-state index is 13.1. The van der Waals surface area contributed by atoms with E-state index in [4.69, 9.17) is 0 Å². The summed E-state index contributed by atoms with van der Waals surface area (Å²) in [5, 5.41) is 20.3. The van der Waals surface area contributed by atoms with Crippen molar-refractivity contribution < 1.29 is 15.0 Å². The molecule has 6 heteroatoms. The minimum atomic E-state index is -0.552. The first kappa shape index (κ1) is 22.4. The number of piperidine rings is 1. The van der Waals surface area contributed by atoms with Gasteiger partial charge in [-0.05, 0) is 66.5 Å². The third-order valence-corrected chi connectivity index (χ3v) is 7.51. The van der Waals surface area contributed by atoms with Crippen LogP contribution in [0.1, 0.15) is 39.9 Å². The van der Waals surface area contributed by atoms with E-state index in [0.29, 0.717) is 25.6 Å². The molecule has 3 heterocycles. The molecule has 1 saturated heterocycles. The zero-order valence-corrected chi connectivity index (χ0v) is 19.3. The lowest BCUT2D eigenvalue weighted by Crippen LogP contribution is -2.46. The predicted molar refractivity (Wildman–Crippen MR) is 130 cm³/mol. The minimum absolute atomic E-state index is 0.0257. The van der Waals surface area contributed by atoms with E-state index in [1.807, 2.05) is 17.0 Å². The Kier molecular flexibility index (Phi) is 6.67. The van der Waals surface area contributed by atoms with Gasteiger partial charge in [-0.25, -0.2) is 0 Å². The summed E-state index contributed by atoms with van der Waals surface area (Å²) in [5.41, 5.74) is 5.76. The van der Waals surface area contributed by atoms with E-state index in [1.165, 1.54) is 11.1 Å². The summed E-state index contributed by atoms with van der Waals surface area (Å²) in [6, 6.07) is 14.7. The Labute approximate surface area is 196 Å². The largest absolute Gasteiger partial charge is 0.396 e. The smallest absolute Gasteiger partial charge is 0.254 e. The molecule has 2 N–H and O–H groups in total. The number of fused-ring (bicyclic) bond motifs is 2. The standard InChI is InChI=1S/C27H35N3O3/c31-19-20-4-3-11-29(15-20)24-7-8-26-22(14-24)10-13-30(27(26)33)18-25(32)17-28-12-9-21-5-1-2-6-23(21)16-28/h1-2,5-8,14,20,25,31-32H,3-4,9-13,15-19H2. The highest BCUT2D eigenvalue weighted by Crippen LogP contribution is 2.28. The van der Waals surface area contributed by atoms with E-state index in [9.17, 15) is 15.0 Å².